The molecule has 0 aliphatic carbocycles. The lowest BCUT2D eigenvalue weighted by Gasteiger charge is -2.17. The van der Waals surface area contributed by atoms with Crippen molar-refractivity contribution >= 4 is 17.6 Å². The Bertz CT molecular complexity index is 749. The Hall–Kier alpha value is -2.62. The zero-order valence-electron chi connectivity index (χ0n) is 12.5. The van der Waals surface area contributed by atoms with Crippen molar-refractivity contribution in [3.8, 4) is 0 Å². The van der Waals surface area contributed by atoms with Crippen molar-refractivity contribution in [1.29, 1.82) is 0 Å². The SMILES string of the molecule is Cc1cccc2c1C(=O)N(c1ccc(C(C)C(=O)O)cc1)C2. The average Bonchev–Trinajstić information content (AvgIpc) is 2.85. The number of nitrogens with zero attached hydrogens (tertiary/aromatic N) is 1. The van der Waals surface area contributed by atoms with E-state index in [4.69, 9.17) is 5.11 Å². The fourth-order valence-electron chi connectivity index (χ4n) is 2.84. The zero-order chi connectivity index (χ0) is 15.9. The maximum atomic E-state index is 12.6. The summed E-state index contributed by atoms with van der Waals surface area (Å²) in [5.41, 5.74) is 4.33. The molecule has 1 N–H and O–H groups in total. The molecule has 0 radical (unpaired) electrons. The lowest BCUT2D eigenvalue weighted by molar-refractivity contribution is -0.138. The molecule has 2 aromatic rings. The first kappa shape index (κ1) is 14.3. The third kappa shape index (κ3) is 2.26. The molecule has 4 heteroatoms. The van der Waals surface area contributed by atoms with Crippen LogP contribution in [-0.2, 0) is 11.3 Å². The van der Waals surface area contributed by atoms with Crippen LogP contribution in [0.15, 0.2) is 42.5 Å². The number of carbonyl (C=O) groups is 2. The van der Waals surface area contributed by atoms with E-state index >= 15 is 0 Å². The van der Waals surface area contributed by atoms with Crippen LogP contribution in [0.1, 0.15) is 39.9 Å². The number of rotatable bonds is 3. The number of carboxylic acid groups (broad SMARTS) is 1. The summed E-state index contributed by atoms with van der Waals surface area (Å²) in [6.07, 6.45) is 0. The van der Waals surface area contributed by atoms with Crippen LogP contribution in [0.2, 0.25) is 0 Å². The highest BCUT2D eigenvalue weighted by Crippen LogP contribution is 2.31. The van der Waals surface area contributed by atoms with Crippen LogP contribution in [0, 0.1) is 6.92 Å². The molecule has 0 fully saturated rings. The molecule has 1 heterocycles. The van der Waals surface area contributed by atoms with Crippen LogP contribution in [-0.4, -0.2) is 17.0 Å². The molecule has 22 heavy (non-hydrogen) atoms. The first-order valence-corrected chi connectivity index (χ1v) is 7.22. The Kier molecular flexibility index (Phi) is 3.45. The van der Waals surface area contributed by atoms with Crippen LogP contribution in [0.5, 0.6) is 0 Å². The molecule has 1 aliphatic heterocycles. The predicted octanol–water partition coefficient (Wildman–Crippen LogP) is 3.34. The van der Waals surface area contributed by atoms with Gasteiger partial charge in [-0.15, -0.1) is 0 Å². The summed E-state index contributed by atoms with van der Waals surface area (Å²) in [5, 5.41) is 9.04. The maximum Gasteiger partial charge on any atom is 0.310 e. The summed E-state index contributed by atoms with van der Waals surface area (Å²) >= 11 is 0. The molecule has 4 nitrogen and oxygen atoms in total. The minimum absolute atomic E-state index is 0.00660. The van der Waals surface area contributed by atoms with Gasteiger partial charge in [0.1, 0.15) is 0 Å². The molecule has 0 aromatic heterocycles. The Morgan fingerprint density at radius 1 is 1.18 bits per heavy atom. The summed E-state index contributed by atoms with van der Waals surface area (Å²) in [4.78, 5) is 25.3. The Balaban J connectivity index is 1.89. The Morgan fingerprint density at radius 2 is 1.86 bits per heavy atom. The van der Waals surface area contributed by atoms with E-state index in [0.29, 0.717) is 6.54 Å². The van der Waals surface area contributed by atoms with Crippen molar-refractivity contribution in [2.24, 2.45) is 0 Å². The highest BCUT2D eigenvalue weighted by molar-refractivity contribution is 6.10. The van der Waals surface area contributed by atoms with E-state index in [0.717, 1.165) is 27.9 Å². The van der Waals surface area contributed by atoms with Gasteiger partial charge < -0.3 is 10.0 Å². The van der Waals surface area contributed by atoms with Crippen LogP contribution in [0.25, 0.3) is 0 Å². The summed E-state index contributed by atoms with van der Waals surface area (Å²) in [7, 11) is 0. The molecular formula is C18H17NO3. The molecule has 112 valence electrons. The normalized spacial score (nSPS) is 14.8. The molecule has 0 bridgehead atoms. The van der Waals surface area contributed by atoms with Crippen molar-refractivity contribution in [3.63, 3.8) is 0 Å². The molecule has 0 saturated carbocycles. The number of anilines is 1. The summed E-state index contributed by atoms with van der Waals surface area (Å²) < 4.78 is 0. The van der Waals surface area contributed by atoms with Gasteiger partial charge >= 0.3 is 5.97 Å². The number of carbonyl (C=O) groups excluding carboxylic acids is 1. The molecule has 1 unspecified atom stereocenters. The topological polar surface area (TPSA) is 57.6 Å². The van der Waals surface area contributed by atoms with E-state index in [-0.39, 0.29) is 5.91 Å². The van der Waals surface area contributed by atoms with Crippen molar-refractivity contribution in [1.82, 2.24) is 0 Å². The Morgan fingerprint density at radius 3 is 2.45 bits per heavy atom. The van der Waals surface area contributed by atoms with Gasteiger partial charge in [-0.3, -0.25) is 9.59 Å². The minimum atomic E-state index is -0.854. The number of amides is 1. The average molecular weight is 295 g/mol. The van der Waals surface area contributed by atoms with E-state index in [1.807, 2.05) is 37.3 Å². The van der Waals surface area contributed by atoms with Gasteiger partial charge in [0.15, 0.2) is 0 Å². The van der Waals surface area contributed by atoms with Crippen molar-refractivity contribution in [3.05, 3.63) is 64.7 Å². The number of fused-ring (bicyclic) bond motifs is 1. The molecule has 0 saturated heterocycles. The lowest BCUT2D eigenvalue weighted by Crippen LogP contribution is -2.23. The molecular weight excluding hydrogens is 278 g/mol. The van der Waals surface area contributed by atoms with Gasteiger partial charge in [0.25, 0.3) is 5.91 Å². The second-order valence-corrected chi connectivity index (χ2v) is 5.65. The van der Waals surface area contributed by atoms with Gasteiger partial charge in [-0.2, -0.15) is 0 Å². The predicted molar refractivity (Wildman–Crippen MR) is 84.2 cm³/mol. The smallest absolute Gasteiger partial charge is 0.310 e. The monoisotopic (exact) mass is 295 g/mol. The van der Waals surface area contributed by atoms with Crippen LogP contribution >= 0.6 is 0 Å². The van der Waals surface area contributed by atoms with Crippen molar-refractivity contribution in [2.45, 2.75) is 26.3 Å². The first-order chi connectivity index (χ1) is 10.5. The van der Waals surface area contributed by atoms with Gasteiger partial charge in [-0.25, -0.2) is 0 Å². The minimum Gasteiger partial charge on any atom is -0.481 e. The highest BCUT2D eigenvalue weighted by atomic mass is 16.4. The second-order valence-electron chi connectivity index (χ2n) is 5.65. The number of aliphatic carboxylic acids is 1. The van der Waals surface area contributed by atoms with Gasteiger partial charge in [0.2, 0.25) is 0 Å². The number of hydrogen-bond donors (Lipinski definition) is 1. The third-order valence-electron chi connectivity index (χ3n) is 4.22. The van der Waals surface area contributed by atoms with Gasteiger partial charge in [0.05, 0.1) is 12.5 Å². The third-order valence-corrected chi connectivity index (χ3v) is 4.22. The van der Waals surface area contributed by atoms with Gasteiger partial charge in [0, 0.05) is 11.3 Å². The molecule has 0 spiro atoms. The maximum absolute atomic E-state index is 12.6. The van der Waals surface area contributed by atoms with Gasteiger partial charge in [-0.1, -0.05) is 30.3 Å². The standard InChI is InChI=1S/C18H17NO3/c1-11-4-3-5-14-10-19(17(20)16(11)14)15-8-6-13(7-9-15)12(2)18(21)22/h3-9,12H,10H2,1-2H3,(H,21,22). The summed E-state index contributed by atoms with van der Waals surface area (Å²) in [6, 6.07) is 13.1. The largest absolute Gasteiger partial charge is 0.481 e. The quantitative estimate of drug-likeness (QED) is 0.944. The first-order valence-electron chi connectivity index (χ1n) is 7.22. The molecule has 1 aliphatic rings. The molecule has 1 atom stereocenters. The summed E-state index contributed by atoms with van der Waals surface area (Å²) in [6.45, 7) is 4.15. The van der Waals surface area contributed by atoms with Gasteiger partial charge in [-0.05, 0) is 42.7 Å². The fraction of sp³-hybridized carbons (Fsp3) is 0.222. The lowest BCUT2D eigenvalue weighted by atomic mass is 10.0. The van der Waals surface area contributed by atoms with E-state index in [2.05, 4.69) is 0 Å². The Labute approximate surface area is 129 Å². The summed E-state index contributed by atoms with van der Waals surface area (Å²) in [5.74, 6) is -1.40. The van der Waals surface area contributed by atoms with E-state index in [1.165, 1.54) is 0 Å². The molecule has 3 rings (SSSR count). The highest BCUT2D eigenvalue weighted by Gasteiger charge is 2.29. The van der Waals surface area contributed by atoms with Crippen LogP contribution < -0.4 is 4.90 Å². The van der Waals surface area contributed by atoms with Crippen molar-refractivity contribution in [2.75, 3.05) is 4.90 Å². The number of carboxylic acids is 1. The molecule has 1 amide bonds. The molecule has 2 aromatic carbocycles. The zero-order valence-corrected chi connectivity index (χ0v) is 12.5. The van der Waals surface area contributed by atoms with E-state index < -0.39 is 11.9 Å². The number of aryl methyl sites for hydroxylation is 1. The van der Waals surface area contributed by atoms with Crippen LogP contribution in [0.4, 0.5) is 5.69 Å². The van der Waals surface area contributed by atoms with Crippen molar-refractivity contribution < 1.29 is 14.7 Å². The second kappa shape index (κ2) is 5.30. The number of benzene rings is 2. The number of hydrogen-bond acceptors (Lipinski definition) is 2. The van der Waals surface area contributed by atoms with Crippen LogP contribution in [0.3, 0.4) is 0 Å². The fourth-order valence-corrected chi connectivity index (χ4v) is 2.84. The van der Waals surface area contributed by atoms with E-state index in [1.54, 1.807) is 24.0 Å². The van der Waals surface area contributed by atoms with E-state index in [9.17, 15) is 9.59 Å².